The third-order valence-electron chi connectivity index (χ3n) is 2.68. The summed E-state index contributed by atoms with van der Waals surface area (Å²) in [6.07, 6.45) is 1.38. The first-order valence-corrected chi connectivity index (χ1v) is 5.69. The van der Waals surface area contributed by atoms with E-state index >= 15 is 0 Å². The average molecular weight is 261 g/mol. The number of hydrogen-bond acceptors (Lipinski definition) is 6. The Morgan fingerprint density at radius 1 is 1.16 bits per heavy atom. The molecule has 7 nitrogen and oxygen atoms in total. The van der Waals surface area contributed by atoms with Crippen molar-refractivity contribution in [1.29, 1.82) is 0 Å². The summed E-state index contributed by atoms with van der Waals surface area (Å²) in [5.41, 5.74) is 0.309. The van der Waals surface area contributed by atoms with E-state index in [0.29, 0.717) is 24.9 Å². The normalized spacial score (nSPS) is 16.1. The van der Waals surface area contributed by atoms with Crippen LogP contribution in [-0.4, -0.2) is 15.8 Å². The Kier molecular flexibility index (Phi) is 3.65. The van der Waals surface area contributed by atoms with Crippen LogP contribution in [0.5, 0.6) is 0 Å². The predicted octanol–water partition coefficient (Wildman–Crippen LogP) is 3.20. The SMILES string of the molecule is O=C1CCCC(O)=C1N=Nc1ccc([N+](=O)[O-])cc1. The van der Waals surface area contributed by atoms with Crippen molar-refractivity contribution in [2.75, 3.05) is 0 Å². The van der Waals surface area contributed by atoms with E-state index in [-0.39, 0.29) is 22.9 Å². The standard InChI is InChI=1S/C12H11N3O4/c16-10-2-1-3-11(17)12(10)14-13-8-4-6-9(7-5-8)15(18)19/h4-7,16H,1-3H2. The average Bonchev–Trinajstić information content (AvgIpc) is 2.38. The van der Waals surface area contributed by atoms with Crippen LogP contribution in [0.15, 0.2) is 46.0 Å². The van der Waals surface area contributed by atoms with Crippen molar-refractivity contribution in [3.05, 3.63) is 45.8 Å². The smallest absolute Gasteiger partial charge is 0.269 e. The second kappa shape index (κ2) is 5.38. The monoisotopic (exact) mass is 261 g/mol. The molecule has 0 radical (unpaired) electrons. The van der Waals surface area contributed by atoms with Gasteiger partial charge in [-0.15, -0.1) is 5.11 Å². The molecule has 0 heterocycles. The molecule has 1 aromatic carbocycles. The summed E-state index contributed by atoms with van der Waals surface area (Å²) in [5, 5.41) is 27.5. The highest BCUT2D eigenvalue weighted by Gasteiger charge is 2.20. The highest BCUT2D eigenvalue weighted by atomic mass is 16.6. The van der Waals surface area contributed by atoms with Crippen LogP contribution in [0.3, 0.4) is 0 Å². The van der Waals surface area contributed by atoms with Gasteiger partial charge >= 0.3 is 0 Å². The molecular formula is C12H11N3O4. The molecule has 0 atom stereocenters. The third-order valence-corrected chi connectivity index (χ3v) is 2.68. The van der Waals surface area contributed by atoms with Gasteiger partial charge in [-0.1, -0.05) is 0 Å². The van der Waals surface area contributed by atoms with Crippen LogP contribution >= 0.6 is 0 Å². The summed E-state index contributed by atoms with van der Waals surface area (Å²) in [6.45, 7) is 0. The van der Waals surface area contributed by atoms with E-state index in [1.165, 1.54) is 24.3 Å². The zero-order chi connectivity index (χ0) is 13.8. The first kappa shape index (κ1) is 12.9. The Hall–Kier alpha value is -2.57. The van der Waals surface area contributed by atoms with Gasteiger partial charge in [-0.3, -0.25) is 14.9 Å². The molecule has 0 aromatic heterocycles. The summed E-state index contributed by atoms with van der Waals surface area (Å²) in [5.74, 6) is -0.295. The largest absolute Gasteiger partial charge is 0.510 e. The fourth-order valence-corrected chi connectivity index (χ4v) is 1.68. The second-order valence-electron chi connectivity index (χ2n) is 4.05. The van der Waals surface area contributed by atoms with E-state index in [1.54, 1.807) is 0 Å². The Labute approximate surface area is 108 Å². The van der Waals surface area contributed by atoms with Crippen LogP contribution in [0.25, 0.3) is 0 Å². The number of carbonyl (C=O) groups is 1. The minimum atomic E-state index is -0.514. The van der Waals surface area contributed by atoms with Gasteiger partial charge in [0.05, 0.1) is 10.6 Å². The number of allylic oxidation sites excluding steroid dienone is 2. The number of nitro benzene ring substituents is 1. The van der Waals surface area contributed by atoms with Crippen molar-refractivity contribution < 1.29 is 14.8 Å². The molecular weight excluding hydrogens is 250 g/mol. The highest BCUT2D eigenvalue weighted by Crippen LogP contribution is 2.24. The highest BCUT2D eigenvalue weighted by molar-refractivity contribution is 5.96. The van der Waals surface area contributed by atoms with Gasteiger partial charge in [0.1, 0.15) is 5.76 Å². The number of Topliss-reactive ketones (excluding diaryl/α,β-unsaturated/α-hetero) is 1. The van der Waals surface area contributed by atoms with Crippen molar-refractivity contribution in [3.8, 4) is 0 Å². The molecule has 2 rings (SSSR count). The number of benzene rings is 1. The Balaban J connectivity index is 2.18. The van der Waals surface area contributed by atoms with E-state index < -0.39 is 4.92 Å². The minimum absolute atomic E-state index is 0.0235. The number of nitro groups is 1. The number of aliphatic hydroxyl groups is 1. The first-order valence-electron chi connectivity index (χ1n) is 5.69. The number of nitrogens with zero attached hydrogens (tertiary/aromatic N) is 3. The molecule has 1 N–H and O–H groups in total. The van der Waals surface area contributed by atoms with Gasteiger partial charge in [0, 0.05) is 25.0 Å². The van der Waals surface area contributed by atoms with Crippen LogP contribution in [0, 0.1) is 10.1 Å². The molecule has 0 amide bonds. The van der Waals surface area contributed by atoms with Crippen molar-refractivity contribution in [1.82, 2.24) is 0 Å². The van der Waals surface area contributed by atoms with E-state index in [9.17, 15) is 20.0 Å². The zero-order valence-corrected chi connectivity index (χ0v) is 9.94. The van der Waals surface area contributed by atoms with Crippen LogP contribution in [0.4, 0.5) is 11.4 Å². The lowest BCUT2D eigenvalue weighted by Crippen LogP contribution is -2.09. The number of carbonyl (C=O) groups excluding carboxylic acids is 1. The lowest BCUT2D eigenvalue weighted by Gasteiger charge is -2.09. The van der Waals surface area contributed by atoms with Crippen molar-refractivity contribution >= 4 is 17.2 Å². The maximum absolute atomic E-state index is 11.5. The lowest BCUT2D eigenvalue weighted by atomic mass is 10.0. The van der Waals surface area contributed by atoms with Gasteiger partial charge < -0.3 is 5.11 Å². The molecule has 98 valence electrons. The number of non-ortho nitro benzene ring substituents is 1. The predicted molar refractivity (Wildman–Crippen MR) is 66.1 cm³/mol. The molecule has 0 spiro atoms. The maximum Gasteiger partial charge on any atom is 0.269 e. The fraction of sp³-hybridized carbons (Fsp3) is 0.250. The van der Waals surface area contributed by atoms with Crippen molar-refractivity contribution in [2.45, 2.75) is 19.3 Å². The van der Waals surface area contributed by atoms with Gasteiger partial charge in [-0.05, 0) is 18.6 Å². The molecule has 0 aliphatic heterocycles. The summed E-state index contributed by atoms with van der Waals surface area (Å²) >= 11 is 0. The molecule has 0 bridgehead atoms. The summed E-state index contributed by atoms with van der Waals surface area (Å²) in [4.78, 5) is 21.5. The topological polar surface area (TPSA) is 105 Å². The summed E-state index contributed by atoms with van der Waals surface area (Å²) in [7, 11) is 0. The molecule has 0 saturated carbocycles. The Morgan fingerprint density at radius 3 is 2.42 bits per heavy atom. The molecule has 1 aliphatic carbocycles. The number of aliphatic hydroxyl groups excluding tert-OH is 1. The minimum Gasteiger partial charge on any atom is -0.510 e. The van der Waals surface area contributed by atoms with Crippen LogP contribution in [-0.2, 0) is 4.79 Å². The van der Waals surface area contributed by atoms with Crippen molar-refractivity contribution in [2.24, 2.45) is 10.2 Å². The molecule has 1 aliphatic rings. The Bertz CT molecular complexity index is 575. The zero-order valence-electron chi connectivity index (χ0n) is 9.94. The first-order chi connectivity index (χ1) is 9.08. The van der Waals surface area contributed by atoms with Crippen LogP contribution in [0.2, 0.25) is 0 Å². The van der Waals surface area contributed by atoms with Gasteiger partial charge in [-0.2, -0.15) is 5.11 Å². The van der Waals surface area contributed by atoms with Crippen LogP contribution in [0.1, 0.15) is 19.3 Å². The number of rotatable bonds is 3. The summed E-state index contributed by atoms with van der Waals surface area (Å²) in [6, 6.07) is 5.44. The van der Waals surface area contributed by atoms with Gasteiger partial charge in [-0.25, -0.2) is 0 Å². The maximum atomic E-state index is 11.5. The third kappa shape index (κ3) is 3.01. The quantitative estimate of drug-likeness (QED) is 0.512. The van der Waals surface area contributed by atoms with E-state index in [0.717, 1.165) is 0 Å². The van der Waals surface area contributed by atoms with Gasteiger partial charge in [0.15, 0.2) is 11.5 Å². The lowest BCUT2D eigenvalue weighted by molar-refractivity contribution is -0.384. The van der Waals surface area contributed by atoms with E-state index in [2.05, 4.69) is 10.2 Å². The number of azo groups is 1. The Morgan fingerprint density at radius 2 is 1.84 bits per heavy atom. The van der Waals surface area contributed by atoms with E-state index in [1.807, 2.05) is 0 Å². The molecule has 1 aromatic rings. The number of ketones is 1. The van der Waals surface area contributed by atoms with E-state index in [4.69, 9.17) is 0 Å². The fourth-order valence-electron chi connectivity index (χ4n) is 1.68. The van der Waals surface area contributed by atoms with Crippen molar-refractivity contribution in [3.63, 3.8) is 0 Å². The summed E-state index contributed by atoms with van der Waals surface area (Å²) < 4.78 is 0. The molecule has 19 heavy (non-hydrogen) atoms. The molecule has 0 saturated heterocycles. The molecule has 7 heteroatoms. The van der Waals surface area contributed by atoms with Gasteiger partial charge in [0.25, 0.3) is 5.69 Å². The molecule has 0 fully saturated rings. The van der Waals surface area contributed by atoms with Gasteiger partial charge in [0.2, 0.25) is 0 Å². The molecule has 0 unspecified atom stereocenters. The second-order valence-corrected chi connectivity index (χ2v) is 4.05. The van der Waals surface area contributed by atoms with Crippen LogP contribution < -0.4 is 0 Å². The number of hydrogen-bond donors (Lipinski definition) is 1.